The van der Waals surface area contributed by atoms with Gasteiger partial charge in [-0.3, -0.25) is 9.69 Å². The van der Waals surface area contributed by atoms with Crippen LogP contribution in [0.4, 0.5) is 0 Å². The Morgan fingerprint density at radius 1 is 1.35 bits per heavy atom. The number of ether oxygens (including phenoxy) is 1. The number of nitrogens with zero attached hydrogens (tertiary/aromatic N) is 3. The second-order valence-corrected chi connectivity index (χ2v) is 6.41. The first kappa shape index (κ1) is 14.1. The van der Waals surface area contributed by atoms with Gasteiger partial charge in [0.15, 0.2) is 0 Å². The predicted molar refractivity (Wildman–Crippen MR) is 79.8 cm³/mol. The van der Waals surface area contributed by atoms with Gasteiger partial charge in [-0.1, -0.05) is 0 Å². The maximum atomic E-state index is 12.6. The van der Waals surface area contributed by atoms with Gasteiger partial charge in [0.25, 0.3) is 5.91 Å². The molecular formula is C14H20BrN3O2. The van der Waals surface area contributed by atoms with E-state index in [1.165, 1.54) is 0 Å². The number of hydrogen-bond acceptors (Lipinski definition) is 3. The maximum Gasteiger partial charge on any atom is 0.270 e. The lowest BCUT2D eigenvalue weighted by atomic mass is 10.2. The number of carbonyl (C=O) groups excluding carboxylic acids is 1. The summed E-state index contributed by atoms with van der Waals surface area (Å²) in [5.74, 6) is 0.133. The molecule has 0 radical (unpaired) electrons. The van der Waals surface area contributed by atoms with Crippen LogP contribution in [0.1, 0.15) is 16.9 Å². The van der Waals surface area contributed by atoms with E-state index in [0.29, 0.717) is 6.04 Å². The van der Waals surface area contributed by atoms with Gasteiger partial charge in [0.05, 0.1) is 13.2 Å². The summed E-state index contributed by atoms with van der Waals surface area (Å²) in [5.41, 5.74) is 0.750. The van der Waals surface area contributed by atoms with Gasteiger partial charge in [-0.15, -0.1) is 0 Å². The molecule has 0 bridgehead atoms. The standard InChI is InChI=1S/C14H20BrN3O2/c1-16-9-11(15)8-13(16)14(19)18-3-2-12(10-18)17-4-6-20-7-5-17/h8-9,12H,2-7,10H2,1H3. The second kappa shape index (κ2) is 5.87. The fraction of sp³-hybridized carbons (Fsp3) is 0.643. The summed E-state index contributed by atoms with van der Waals surface area (Å²) < 4.78 is 8.23. The van der Waals surface area contributed by atoms with Crippen LogP contribution in [0.3, 0.4) is 0 Å². The quantitative estimate of drug-likeness (QED) is 0.814. The molecule has 0 N–H and O–H groups in total. The van der Waals surface area contributed by atoms with Crippen molar-refractivity contribution in [2.75, 3.05) is 39.4 Å². The van der Waals surface area contributed by atoms with Crippen LogP contribution in [0, 0.1) is 0 Å². The number of hydrogen-bond donors (Lipinski definition) is 0. The zero-order valence-corrected chi connectivity index (χ0v) is 13.3. The Kier molecular flexibility index (Phi) is 4.14. The molecule has 3 rings (SSSR count). The first-order chi connectivity index (χ1) is 9.65. The third-order valence-corrected chi connectivity index (χ3v) is 4.64. The monoisotopic (exact) mass is 341 g/mol. The fourth-order valence-corrected chi connectivity index (χ4v) is 3.59. The number of aromatic nitrogens is 1. The number of aryl methyl sites for hydroxylation is 1. The van der Waals surface area contributed by atoms with Crippen LogP contribution >= 0.6 is 15.9 Å². The van der Waals surface area contributed by atoms with E-state index in [9.17, 15) is 4.79 Å². The minimum Gasteiger partial charge on any atom is -0.379 e. The Labute approximate surface area is 127 Å². The Balaban J connectivity index is 1.64. The minimum absolute atomic E-state index is 0.133. The molecule has 0 aliphatic carbocycles. The van der Waals surface area contributed by atoms with Crippen molar-refractivity contribution in [3.05, 3.63) is 22.4 Å². The highest BCUT2D eigenvalue weighted by Gasteiger charge is 2.32. The lowest BCUT2D eigenvalue weighted by molar-refractivity contribution is 0.0185. The van der Waals surface area contributed by atoms with E-state index in [4.69, 9.17) is 4.74 Å². The zero-order chi connectivity index (χ0) is 14.1. The highest BCUT2D eigenvalue weighted by molar-refractivity contribution is 9.10. The van der Waals surface area contributed by atoms with Crippen LogP contribution in [0.15, 0.2) is 16.7 Å². The van der Waals surface area contributed by atoms with Crippen molar-refractivity contribution in [2.45, 2.75) is 12.5 Å². The van der Waals surface area contributed by atoms with Gasteiger partial charge in [0.2, 0.25) is 0 Å². The number of rotatable bonds is 2. The zero-order valence-electron chi connectivity index (χ0n) is 11.7. The minimum atomic E-state index is 0.133. The van der Waals surface area contributed by atoms with E-state index >= 15 is 0 Å². The van der Waals surface area contributed by atoms with Gasteiger partial charge in [0.1, 0.15) is 5.69 Å². The summed E-state index contributed by atoms with van der Waals surface area (Å²) in [5, 5.41) is 0. The number of halogens is 1. The van der Waals surface area contributed by atoms with Crippen molar-refractivity contribution >= 4 is 21.8 Å². The predicted octanol–water partition coefficient (Wildman–Crippen LogP) is 1.33. The first-order valence-corrected chi connectivity index (χ1v) is 7.87. The molecule has 1 amide bonds. The molecule has 3 heterocycles. The molecule has 1 unspecified atom stereocenters. The molecule has 6 heteroatoms. The molecule has 110 valence electrons. The van der Waals surface area contributed by atoms with E-state index in [-0.39, 0.29) is 5.91 Å². The molecule has 0 aromatic carbocycles. The molecule has 2 aliphatic heterocycles. The van der Waals surface area contributed by atoms with Crippen molar-refractivity contribution in [1.82, 2.24) is 14.4 Å². The molecule has 2 fully saturated rings. The molecule has 1 atom stereocenters. The van der Waals surface area contributed by atoms with Gasteiger partial charge in [0, 0.05) is 49.9 Å². The average Bonchev–Trinajstić information content (AvgIpc) is 3.06. The number of carbonyl (C=O) groups is 1. The highest BCUT2D eigenvalue weighted by Crippen LogP contribution is 2.21. The molecule has 1 aromatic rings. The van der Waals surface area contributed by atoms with E-state index in [0.717, 1.165) is 56.0 Å². The highest BCUT2D eigenvalue weighted by atomic mass is 79.9. The fourth-order valence-electron chi connectivity index (χ4n) is 3.07. The Morgan fingerprint density at radius 3 is 2.75 bits per heavy atom. The van der Waals surface area contributed by atoms with Crippen LogP contribution < -0.4 is 0 Å². The lowest BCUT2D eigenvalue weighted by Crippen LogP contribution is -2.45. The summed E-state index contributed by atoms with van der Waals surface area (Å²) in [6.07, 6.45) is 2.99. The van der Waals surface area contributed by atoms with E-state index in [1.807, 2.05) is 28.8 Å². The van der Waals surface area contributed by atoms with Crippen molar-refractivity contribution in [3.8, 4) is 0 Å². The molecule has 0 spiro atoms. The number of likely N-dealkylation sites (tertiary alicyclic amines) is 1. The van der Waals surface area contributed by atoms with E-state index < -0.39 is 0 Å². The summed E-state index contributed by atoms with van der Waals surface area (Å²) in [4.78, 5) is 17.0. The topological polar surface area (TPSA) is 37.7 Å². The maximum absolute atomic E-state index is 12.6. The third kappa shape index (κ3) is 2.77. The summed E-state index contributed by atoms with van der Waals surface area (Å²) >= 11 is 3.42. The van der Waals surface area contributed by atoms with Crippen molar-refractivity contribution in [1.29, 1.82) is 0 Å². The molecular weight excluding hydrogens is 322 g/mol. The second-order valence-electron chi connectivity index (χ2n) is 5.50. The molecule has 2 aliphatic rings. The molecule has 2 saturated heterocycles. The number of morpholine rings is 1. The van der Waals surface area contributed by atoms with Gasteiger partial charge in [-0.05, 0) is 28.4 Å². The number of amides is 1. The Hall–Kier alpha value is -0.850. The molecule has 5 nitrogen and oxygen atoms in total. The van der Waals surface area contributed by atoms with Crippen LogP contribution in [0.25, 0.3) is 0 Å². The van der Waals surface area contributed by atoms with Gasteiger partial charge < -0.3 is 14.2 Å². The summed E-state index contributed by atoms with van der Waals surface area (Å²) in [6.45, 7) is 5.29. The SMILES string of the molecule is Cn1cc(Br)cc1C(=O)N1CCC(N2CCOCC2)C1. The van der Waals surface area contributed by atoms with Gasteiger partial charge >= 0.3 is 0 Å². The van der Waals surface area contributed by atoms with E-state index in [1.54, 1.807) is 0 Å². The first-order valence-electron chi connectivity index (χ1n) is 7.08. The smallest absolute Gasteiger partial charge is 0.270 e. The summed E-state index contributed by atoms with van der Waals surface area (Å²) in [6, 6.07) is 2.39. The van der Waals surface area contributed by atoms with Crippen LogP contribution in [-0.4, -0.2) is 65.7 Å². The van der Waals surface area contributed by atoms with Crippen molar-refractivity contribution in [2.24, 2.45) is 7.05 Å². The Bertz CT molecular complexity index is 497. The van der Waals surface area contributed by atoms with Crippen LogP contribution in [-0.2, 0) is 11.8 Å². The van der Waals surface area contributed by atoms with Crippen molar-refractivity contribution in [3.63, 3.8) is 0 Å². The van der Waals surface area contributed by atoms with Gasteiger partial charge in [-0.25, -0.2) is 0 Å². The van der Waals surface area contributed by atoms with E-state index in [2.05, 4.69) is 20.8 Å². The van der Waals surface area contributed by atoms with Crippen molar-refractivity contribution < 1.29 is 9.53 Å². The molecule has 1 aromatic heterocycles. The van der Waals surface area contributed by atoms with Crippen LogP contribution in [0.2, 0.25) is 0 Å². The Morgan fingerprint density at radius 2 is 2.10 bits per heavy atom. The normalized spacial score (nSPS) is 24.3. The third-order valence-electron chi connectivity index (χ3n) is 4.20. The largest absolute Gasteiger partial charge is 0.379 e. The van der Waals surface area contributed by atoms with Gasteiger partial charge in [-0.2, -0.15) is 0 Å². The molecule has 0 saturated carbocycles. The average molecular weight is 342 g/mol. The molecule has 20 heavy (non-hydrogen) atoms. The summed E-state index contributed by atoms with van der Waals surface area (Å²) in [7, 11) is 1.91. The lowest BCUT2D eigenvalue weighted by Gasteiger charge is -2.32. The van der Waals surface area contributed by atoms with Crippen LogP contribution in [0.5, 0.6) is 0 Å².